The molecule has 3 aromatic carbocycles. The minimum atomic E-state index is -4.39. The summed E-state index contributed by atoms with van der Waals surface area (Å²) in [6, 6.07) is 26.2. The number of carbonyl (C=O) groups excluding carboxylic acids is 11. The van der Waals surface area contributed by atoms with Crippen LogP contribution >= 0.6 is 7.82 Å². The van der Waals surface area contributed by atoms with Gasteiger partial charge in [-0.1, -0.05) is 115 Å². The van der Waals surface area contributed by atoms with Crippen LogP contribution in [0.1, 0.15) is 156 Å². The number of hydrogen-bond donors (Lipinski definition) is 7. The molecule has 7 aliphatic rings. The normalized spacial score (nSPS) is 33.0. The van der Waals surface area contributed by atoms with E-state index in [9.17, 15) is 87.9 Å². The molecule has 732 valence electrons. The van der Waals surface area contributed by atoms with Gasteiger partial charge in [-0.3, -0.25) is 52.7 Å². The first-order chi connectivity index (χ1) is 61.2. The molecule has 0 bridgehead atoms. The fraction of sp³-hybridized carbons (Fsp3) is 0.663. The predicted molar refractivity (Wildman–Crippen MR) is 440 cm³/mol. The highest BCUT2D eigenvalue weighted by Crippen LogP contribution is 2.53. The number of hydrogen-bond acceptors (Lipinski definition) is 43. The zero-order valence-corrected chi connectivity index (χ0v) is 77.0. The Hall–Kier alpha value is -9.06. The smallest absolute Gasteiger partial charge is 0.463 e. The second-order valence-electron chi connectivity index (χ2n) is 30.7. The number of aliphatic hydroxyl groups excluding tert-OH is 7. The summed E-state index contributed by atoms with van der Waals surface area (Å²) in [5, 5.41) is 66.5. The van der Waals surface area contributed by atoms with Crippen LogP contribution in [0.5, 0.6) is 11.5 Å². The summed E-state index contributed by atoms with van der Waals surface area (Å²) in [4.78, 5) is 125. The summed E-state index contributed by atoms with van der Waals surface area (Å²) in [5.41, 5.74) is 0.863. The van der Waals surface area contributed by atoms with Crippen molar-refractivity contribution in [2.45, 2.75) is 310 Å². The molecule has 0 aromatic heterocycles. The number of para-hydroxylation sites is 2. The van der Waals surface area contributed by atoms with E-state index in [2.05, 4.69) is 0 Å². The molecular formula is C86H125O43P. The number of benzene rings is 3. The lowest BCUT2D eigenvalue weighted by molar-refractivity contribution is -0.358. The number of phosphoric acid groups is 1. The molecule has 7 aliphatic heterocycles. The number of rotatable bonds is 25. The number of phosphoric ester groups is 1. The highest BCUT2D eigenvalue weighted by Gasteiger charge is 2.56. The van der Waals surface area contributed by atoms with E-state index in [1.807, 2.05) is 71.9 Å². The second-order valence-corrected chi connectivity index (χ2v) is 32.2. The third kappa shape index (κ3) is 34.2. The van der Waals surface area contributed by atoms with Gasteiger partial charge in [-0.05, 0) is 43.5 Å². The molecule has 0 spiro atoms. The molecule has 0 amide bonds. The molecule has 0 radical (unpaired) electrons. The van der Waals surface area contributed by atoms with Gasteiger partial charge in [-0.25, -0.2) is 9.09 Å². The topological polar surface area (TPSA) is 568 Å². The molecule has 31 atom stereocenters. The maximum absolute atomic E-state index is 13.9. The number of carbonyl (C=O) groups is 11. The van der Waals surface area contributed by atoms with Crippen molar-refractivity contribution >= 4 is 73.5 Å². The van der Waals surface area contributed by atoms with Gasteiger partial charge in [0.1, 0.15) is 97.5 Å². The Labute approximate surface area is 752 Å². The van der Waals surface area contributed by atoms with Crippen LogP contribution in [0.4, 0.5) is 0 Å². The predicted octanol–water partition coefficient (Wildman–Crippen LogP) is 4.66. The maximum Gasteiger partial charge on any atom is 0.590 e. The van der Waals surface area contributed by atoms with Crippen LogP contribution < -0.4 is 9.05 Å². The summed E-state index contributed by atoms with van der Waals surface area (Å²) in [6.45, 7) is 26.1. The molecule has 7 heterocycles. The Kier molecular flexibility index (Phi) is 46.5. The fourth-order valence-electron chi connectivity index (χ4n) is 14.5. The SMILES string of the molecule is CC(=O)OC[C@H]1O[C@H](OC(C)=O)[C@@H](OC(C)=O)[C@@H](OC(C)=O)[C@@H]1C.CC[C@H]1OC(O)[C@@H](OC(C)=O)[C@@H](OC(C)=O)[C@@H]1C.CC[C@H]1O[C@H](OC(C)=O)[C@@H](OC(C)=O)[C@@H](OC(C)=O)[C@@H]1C.CC[C@H]1O[C@H](OP(=O)(Oc2ccccc2)Oc2ccccc2)[C@@H](OC(C)=O)[C@@H](OC(C)=O)[C@@H]1C.CO[C@H]1O[C@@H]2CO[C@@H](c3ccccc3)O[C@H]2[C@H](O)[C@@H]1O.CO[C@H]1O[C@H](CO)[C@@H](O)[C@H](O)[C@@H]1O. The molecule has 7 N–H and O–H groups in total. The number of aliphatic hydroxyl groups is 7. The zero-order valence-electron chi connectivity index (χ0n) is 76.1. The Morgan fingerprint density at radius 1 is 0.354 bits per heavy atom. The van der Waals surface area contributed by atoms with Gasteiger partial charge in [0, 0.05) is 120 Å². The van der Waals surface area contributed by atoms with E-state index in [1.165, 1.54) is 83.5 Å². The quantitative estimate of drug-likeness (QED) is 0.0344. The van der Waals surface area contributed by atoms with Gasteiger partial charge in [-0.2, -0.15) is 0 Å². The highest BCUT2D eigenvalue weighted by atomic mass is 31.2. The summed E-state index contributed by atoms with van der Waals surface area (Å²) in [5.74, 6) is -7.01. The van der Waals surface area contributed by atoms with E-state index < -0.39 is 240 Å². The van der Waals surface area contributed by atoms with Crippen LogP contribution in [-0.4, -0.2) is 295 Å². The molecule has 44 heteroatoms. The zero-order chi connectivity index (χ0) is 97.3. The number of esters is 11. The Balaban J connectivity index is 0.000000283. The van der Waals surface area contributed by atoms with E-state index in [0.29, 0.717) is 19.3 Å². The van der Waals surface area contributed by atoms with Gasteiger partial charge in [-0.15, -0.1) is 0 Å². The van der Waals surface area contributed by atoms with Gasteiger partial charge in [0.25, 0.3) is 0 Å². The largest absolute Gasteiger partial charge is 0.590 e. The van der Waals surface area contributed by atoms with E-state index in [0.717, 1.165) is 12.5 Å². The molecule has 7 fully saturated rings. The second kappa shape index (κ2) is 54.2. The average molecular weight is 1880 g/mol. The first-order valence-corrected chi connectivity index (χ1v) is 43.3. The molecule has 1 unspecified atom stereocenters. The van der Waals surface area contributed by atoms with Crippen molar-refractivity contribution in [3.63, 3.8) is 0 Å². The first kappa shape index (κ1) is 111. The molecule has 43 nitrogen and oxygen atoms in total. The van der Waals surface area contributed by atoms with Crippen LogP contribution in [-0.2, 0) is 161 Å². The molecule has 10 rings (SSSR count). The summed E-state index contributed by atoms with van der Waals surface area (Å²) < 4.78 is 142. The van der Waals surface area contributed by atoms with Crippen molar-refractivity contribution in [1.82, 2.24) is 0 Å². The van der Waals surface area contributed by atoms with Crippen molar-refractivity contribution < 1.29 is 206 Å². The number of fused-ring (bicyclic) bond motifs is 1. The summed E-state index contributed by atoms with van der Waals surface area (Å²) in [7, 11) is -1.67. The lowest BCUT2D eigenvalue weighted by atomic mass is 9.89. The van der Waals surface area contributed by atoms with Gasteiger partial charge in [0.2, 0.25) is 31.1 Å². The van der Waals surface area contributed by atoms with Gasteiger partial charge >= 0.3 is 73.5 Å². The Bertz CT molecular complexity index is 4010. The van der Waals surface area contributed by atoms with Gasteiger partial charge in [0.05, 0.1) is 31.5 Å². The minimum Gasteiger partial charge on any atom is -0.463 e. The van der Waals surface area contributed by atoms with Gasteiger partial charge < -0.3 is 144 Å². The molecule has 0 saturated carbocycles. The van der Waals surface area contributed by atoms with E-state index >= 15 is 0 Å². The number of methoxy groups -OCH3 is 2. The number of ether oxygens (including phenoxy) is 21. The third-order valence-corrected chi connectivity index (χ3v) is 21.9. The van der Waals surface area contributed by atoms with Crippen LogP contribution in [0.25, 0.3) is 0 Å². The van der Waals surface area contributed by atoms with E-state index in [-0.39, 0.29) is 54.7 Å². The van der Waals surface area contributed by atoms with Crippen LogP contribution in [0, 0.1) is 23.7 Å². The highest BCUT2D eigenvalue weighted by molar-refractivity contribution is 7.49. The van der Waals surface area contributed by atoms with Crippen LogP contribution in [0.15, 0.2) is 91.0 Å². The van der Waals surface area contributed by atoms with Crippen molar-refractivity contribution in [2.75, 3.05) is 34.0 Å². The van der Waals surface area contributed by atoms with Gasteiger partial charge in [0.15, 0.2) is 37.4 Å². The minimum absolute atomic E-state index is 0.126. The summed E-state index contributed by atoms with van der Waals surface area (Å²) in [6.07, 6.45) is -23.1. The van der Waals surface area contributed by atoms with Crippen molar-refractivity contribution in [3.8, 4) is 11.5 Å². The monoisotopic (exact) mass is 1880 g/mol. The first-order valence-electron chi connectivity index (χ1n) is 41.9. The van der Waals surface area contributed by atoms with Crippen molar-refractivity contribution in [2.24, 2.45) is 23.7 Å². The molecule has 3 aromatic rings. The molecular weight excluding hydrogens is 1750 g/mol. The van der Waals surface area contributed by atoms with E-state index in [1.54, 1.807) is 67.6 Å². The molecule has 7 saturated heterocycles. The van der Waals surface area contributed by atoms with Crippen LogP contribution in [0.2, 0.25) is 0 Å². The standard InChI is InChI=1S/C24H29O9P.C15H22O9.C14H22O7.C14H18O6.C12H20O6.C7H14O6/c1-5-21-16(2)22(28-17(3)25)23(29-18(4)26)24(30-21)33-34(27,31-19-12-8-6-9-13-19)32-20-14-10-7-11-15-20;1-7-12(6-20-8(2)16)24-15(23-11(5)19)14(22-10(4)18)13(7)21-9(3)17;1-6-11-7(2)12(18-8(3)15)13(19-9(4)16)14(21-11)20-10(5)17;1-17-14-11(16)10(15)12-9(19-14)7-18-13(20-12)8-5-3-2-4-6-8;1-5-9-6(2)10(16-7(3)13)11(12(15)18-9)17-8(4)14;1-12-7-6(11)5(10)4(9)3(2-8)13-7/h6-16,21-24H,5H2,1-4H3;7,12-15H,6H2,1-5H3;7,11-14H,6H2,1-5H3;2-6,9-16H,7H2,1H3;6,9-12,15H,5H2,1-4H3;3-11H,2H2,1H3/t16-,21-,22+,23+,24-;7-,12-,13+,14+,15+;7-,11-,12+,13+,14+;9-,10-,11+,12-,13-,14+;6-,9-,10+,11+,12?;3-,4-,5+,6+,7+/m111111/s1. The maximum atomic E-state index is 13.9. The lowest BCUT2D eigenvalue weighted by Crippen LogP contribution is -2.62. The Morgan fingerprint density at radius 3 is 1.05 bits per heavy atom. The third-order valence-electron chi connectivity index (χ3n) is 20.6. The van der Waals surface area contributed by atoms with Crippen molar-refractivity contribution in [1.29, 1.82) is 0 Å². The van der Waals surface area contributed by atoms with E-state index in [4.69, 9.17) is 118 Å². The Morgan fingerprint density at radius 2 is 0.677 bits per heavy atom. The summed E-state index contributed by atoms with van der Waals surface area (Å²) >= 11 is 0. The molecule has 0 aliphatic carbocycles. The lowest BCUT2D eigenvalue weighted by Gasteiger charge is -2.45. The average Bonchev–Trinajstić information content (AvgIpc) is 0.791. The molecule has 130 heavy (non-hydrogen) atoms. The fourth-order valence-corrected chi connectivity index (χ4v) is 15.8. The van der Waals surface area contributed by atoms with Crippen LogP contribution in [0.3, 0.4) is 0 Å². The van der Waals surface area contributed by atoms with Crippen molar-refractivity contribution in [3.05, 3.63) is 96.6 Å².